The number of rotatable bonds is 6. The molecule has 1 aliphatic rings. The molecule has 1 amide bonds. The zero-order valence-corrected chi connectivity index (χ0v) is 16.5. The molecular formula is C24H26N4O. The van der Waals surface area contributed by atoms with E-state index in [0.29, 0.717) is 13.1 Å². The number of hydrogen-bond donors (Lipinski definition) is 1. The molecule has 0 spiro atoms. The zero-order valence-electron chi connectivity index (χ0n) is 16.5. The van der Waals surface area contributed by atoms with Crippen LogP contribution in [-0.2, 0) is 11.2 Å². The molecule has 5 heteroatoms. The van der Waals surface area contributed by atoms with Crippen molar-refractivity contribution in [2.24, 2.45) is 5.92 Å². The molecular weight excluding hydrogens is 360 g/mol. The number of aromatic nitrogens is 2. The van der Waals surface area contributed by atoms with Gasteiger partial charge in [-0.3, -0.25) is 4.79 Å². The highest BCUT2D eigenvalue weighted by atomic mass is 16.1. The first-order chi connectivity index (χ1) is 14.3. The van der Waals surface area contributed by atoms with Gasteiger partial charge in [0.25, 0.3) is 0 Å². The van der Waals surface area contributed by atoms with Crippen molar-refractivity contribution in [2.75, 3.05) is 24.5 Å². The summed E-state index contributed by atoms with van der Waals surface area (Å²) >= 11 is 0. The summed E-state index contributed by atoms with van der Waals surface area (Å²) in [5, 5.41) is 3.11. The monoisotopic (exact) mass is 386 g/mol. The van der Waals surface area contributed by atoms with Crippen LogP contribution in [0.2, 0.25) is 0 Å². The molecule has 1 aliphatic heterocycles. The third kappa shape index (κ3) is 4.99. The molecule has 5 nitrogen and oxygen atoms in total. The summed E-state index contributed by atoms with van der Waals surface area (Å²) in [6.07, 6.45) is 4.38. The standard InChI is InChI=1S/C24H26N4O/c29-24(25-14-13-19-8-3-1-4-9-19)21-12-7-15-28(17-21)23-16-22(26-18-27-23)20-10-5-2-6-11-20/h1-6,8-11,16,18,21H,7,12-15,17H2,(H,25,29). The Morgan fingerprint density at radius 1 is 1.03 bits per heavy atom. The number of piperidine rings is 1. The quantitative estimate of drug-likeness (QED) is 0.701. The Kier molecular flexibility index (Phi) is 6.15. The lowest BCUT2D eigenvalue weighted by Crippen LogP contribution is -2.43. The van der Waals surface area contributed by atoms with Crippen molar-refractivity contribution in [3.05, 3.63) is 78.6 Å². The second-order valence-corrected chi connectivity index (χ2v) is 7.44. The van der Waals surface area contributed by atoms with Gasteiger partial charge in [-0.2, -0.15) is 0 Å². The van der Waals surface area contributed by atoms with Gasteiger partial charge in [-0.05, 0) is 24.8 Å². The Morgan fingerprint density at radius 2 is 1.79 bits per heavy atom. The van der Waals surface area contributed by atoms with Gasteiger partial charge < -0.3 is 10.2 Å². The Bertz CT molecular complexity index is 930. The van der Waals surface area contributed by atoms with E-state index in [1.54, 1.807) is 6.33 Å². The van der Waals surface area contributed by atoms with Crippen molar-refractivity contribution in [1.29, 1.82) is 0 Å². The predicted molar refractivity (Wildman–Crippen MR) is 116 cm³/mol. The Hall–Kier alpha value is -3.21. The third-order valence-corrected chi connectivity index (χ3v) is 5.39. The number of carbonyl (C=O) groups excluding carboxylic acids is 1. The predicted octanol–water partition coefficient (Wildman–Crippen LogP) is 3.72. The van der Waals surface area contributed by atoms with E-state index in [4.69, 9.17) is 0 Å². The molecule has 0 saturated carbocycles. The van der Waals surface area contributed by atoms with E-state index in [0.717, 1.165) is 42.9 Å². The van der Waals surface area contributed by atoms with Crippen LogP contribution in [0.4, 0.5) is 5.82 Å². The number of nitrogens with one attached hydrogen (secondary N) is 1. The van der Waals surface area contributed by atoms with E-state index in [1.807, 2.05) is 54.6 Å². The lowest BCUT2D eigenvalue weighted by atomic mass is 9.97. The summed E-state index contributed by atoms with van der Waals surface area (Å²) < 4.78 is 0. The van der Waals surface area contributed by atoms with Crippen LogP contribution in [0.15, 0.2) is 73.1 Å². The van der Waals surface area contributed by atoms with Gasteiger partial charge in [-0.15, -0.1) is 0 Å². The molecule has 0 aliphatic carbocycles. The van der Waals surface area contributed by atoms with Crippen molar-refractivity contribution in [1.82, 2.24) is 15.3 Å². The molecule has 2 aromatic carbocycles. The van der Waals surface area contributed by atoms with E-state index < -0.39 is 0 Å². The SMILES string of the molecule is O=C(NCCc1ccccc1)C1CCCN(c2cc(-c3ccccc3)ncn2)C1. The van der Waals surface area contributed by atoms with Gasteiger partial charge in [0, 0.05) is 31.3 Å². The van der Waals surface area contributed by atoms with Crippen LogP contribution in [0.1, 0.15) is 18.4 Å². The largest absolute Gasteiger partial charge is 0.356 e. The summed E-state index contributed by atoms with van der Waals surface area (Å²) in [7, 11) is 0. The Morgan fingerprint density at radius 3 is 2.59 bits per heavy atom. The van der Waals surface area contributed by atoms with Crippen LogP contribution in [0.25, 0.3) is 11.3 Å². The van der Waals surface area contributed by atoms with Crippen LogP contribution in [-0.4, -0.2) is 35.5 Å². The minimum atomic E-state index is -0.00494. The maximum atomic E-state index is 12.7. The summed E-state index contributed by atoms with van der Waals surface area (Å²) in [4.78, 5) is 23.8. The van der Waals surface area contributed by atoms with Gasteiger partial charge in [-0.25, -0.2) is 9.97 Å². The third-order valence-electron chi connectivity index (χ3n) is 5.39. The van der Waals surface area contributed by atoms with Gasteiger partial charge in [-0.1, -0.05) is 60.7 Å². The van der Waals surface area contributed by atoms with Crippen LogP contribution in [0.3, 0.4) is 0 Å². The summed E-state index contributed by atoms with van der Waals surface area (Å²) in [5.74, 6) is 1.03. The number of benzene rings is 2. The highest BCUT2D eigenvalue weighted by Gasteiger charge is 2.26. The van der Waals surface area contributed by atoms with E-state index in [1.165, 1.54) is 5.56 Å². The molecule has 2 heterocycles. The van der Waals surface area contributed by atoms with Gasteiger partial charge in [0.05, 0.1) is 11.6 Å². The van der Waals surface area contributed by atoms with E-state index in [2.05, 4.69) is 32.3 Å². The minimum absolute atomic E-state index is 0.00494. The number of nitrogens with zero attached hydrogens (tertiary/aromatic N) is 3. The average molecular weight is 386 g/mol. The van der Waals surface area contributed by atoms with Crippen LogP contribution in [0, 0.1) is 5.92 Å². The number of amides is 1. The summed E-state index contributed by atoms with van der Waals surface area (Å²) in [6.45, 7) is 2.28. The van der Waals surface area contributed by atoms with Crippen LogP contribution < -0.4 is 10.2 Å². The fourth-order valence-corrected chi connectivity index (χ4v) is 3.81. The van der Waals surface area contributed by atoms with E-state index in [-0.39, 0.29) is 11.8 Å². The Balaban J connectivity index is 1.36. The second-order valence-electron chi connectivity index (χ2n) is 7.44. The molecule has 148 valence electrons. The summed E-state index contributed by atoms with van der Waals surface area (Å²) in [5.41, 5.74) is 3.22. The molecule has 1 atom stereocenters. The zero-order chi connectivity index (χ0) is 19.9. The van der Waals surface area contributed by atoms with Crippen molar-refractivity contribution in [3.8, 4) is 11.3 Å². The lowest BCUT2D eigenvalue weighted by molar-refractivity contribution is -0.125. The van der Waals surface area contributed by atoms with E-state index in [9.17, 15) is 4.79 Å². The molecule has 1 aromatic heterocycles. The lowest BCUT2D eigenvalue weighted by Gasteiger charge is -2.33. The first kappa shape index (κ1) is 19.1. The van der Waals surface area contributed by atoms with Gasteiger partial charge >= 0.3 is 0 Å². The van der Waals surface area contributed by atoms with Crippen molar-refractivity contribution in [2.45, 2.75) is 19.3 Å². The van der Waals surface area contributed by atoms with Gasteiger partial charge in [0.1, 0.15) is 12.1 Å². The number of carbonyl (C=O) groups is 1. The first-order valence-electron chi connectivity index (χ1n) is 10.2. The van der Waals surface area contributed by atoms with Gasteiger partial charge in [0.15, 0.2) is 0 Å². The highest BCUT2D eigenvalue weighted by Crippen LogP contribution is 2.25. The smallest absolute Gasteiger partial charge is 0.224 e. The van der Waals surface area contributed by atoms with Crippen LogP contribution >= 0.6 is 0 Å². The normalized spacial score (nSPS) is 16.4. The first-order valence-corrected chi connectivity index (χ1v) is 10.2. The summed E-state index contributed by atoms with van der Waals surface area (Å²) in [6, 6.07) is 22.4. The minimum Gasteiger partial charge on any atom is -0.356 e. The highest BCUT2D eigenvalue weighted by molar-refractivity contribution is 5.79. The molecule has 1 fully saturated rings. The molecule has 4 rings (SSSR count). The fraction of sp³-hybridized carbons (Fsp3) is 0.292. The second kappa shape index (κ2) is 9.32. The van der Waals surface area contributed by atoms with Crippen molar-refractivity contribution >= 4 is 11.7 Å². The number of hydrogen-bond acceptors (Lipinski definition) is 4. The van der Waals surface area contributed by atoms with E-state index >= 15 is 0 Å². The maximum Gasteiger partial charge on any atom is 0.224 e. The van der Waals surface area contributed by atoms with Crippen molar-refractivity contribution in [3.63, 3.8) is 0 Å². The van der Waals surface area contributed by atoms with Gasteiger partial charge in [0.2, 0.25) is 5.91 Å². The maximum absolute atomic E-state index is 12.7. The molecule has 1 N–H and O–H groups in total. The molecule has 1 saturated heterocycles. The average Bonchev–Trinajstić information content (AvgIpc) is 2.80. The van der Waals surface area contributed by atoms with Crippen molar-refractivity contribution < 1.29 is 4.79 Å². The number of anilines is 1. The van der Waals surface area contributed by atoms with Crippen LogP contribution in [0.5, 0.6) is 0 Å². The Labute approximate surface area is 171 Å². The molecule has 0 bridgehead atoms. The molecule has 1 unspecified atom stereocenters. The molecule has 0 radical (unpaired) electrons. The fourth-order valence-electron chi connectivity index (χ4n) is 3.81. The molecule has 3 aromatic rings. The molecule has 29 heavy (non-hydrogen) atoms. The topological polar surface area (TPSA) is 58.1 Å².